The molecule has 18 heavy (non-hydrogen) atoms. The molecular formula is C12H22Cl3NOSi. The smallest absolute Gasteiger partial charge is 0.211 e. The SMILES string of the molecule is O=C=NCCCCCCCCCCC[Si](Cl)(Cl)Cl. The Labute approximate surface area is 125 Å². The minimum absolute atomic E-state index is 0.629. The molecule has 0 fully saturated rings. The Kier molecular flexibility index (Phi) is 12.8. The maximum absolute atomic E-state index is 9.81. The quantitative estimate of drug-likeness (QED) is 0.153. The molecule has 0 N–H and O–H groups in total. The lowest BCUT2D eigenvalue weighted by Gasteiger charge is -2.06. The molecule has 6 heteroatoms. The number of carbonyl (C=O) groups excluding carboxylic acids is 1. The Morgan fingerprint density at radius 3 is 1.67 bits per heavy atom. The first-order chi connectivity index (χ1) is 8.56. The van der Waals surface area contributed by atoms with E-state index in [1.807, 2.05) is 0 Å². The number of aliphatic imine (C=N–C) groups is 1. The van der Waals surface area contributed by atoms with Gasteiger partial charge in [-0.25, -0.2) is 9.79 Å². The average molecular weight is 331 g/mol. The van der Waals surface area contributed by atoms with Gasteiger partial charge in [0.15, 0.2) is 0 Å². The monoisotopic (exact) mass is 329 g/mol. The summed E-state index contributed by atoms with van der Waals surface area (Å²) in [5, 5.41) is 0. The zero-order valence-corrected chi connectivity index (χ0v) is 14.0. The van der Waals surface area contributed by atoms with E-state index >= 15 is 0 Å². The lowest BCUT2D eigenvalue weighted by Crippen LogP contribution is -2.07. The van der Waals surface area contributed by atoms with Crippen molar-refractivity contribution in [3.63, 3.8) is 0 Å². The number of rotatable bonds is 12. The van der Waals surface area contributed by atoms with Crippen molar-refractivity contribution in [3.05, 3.63) is 0 Å². The topological polar surface area (TPSA) is 29.4 Å². The van der Waals surface area contributed by atoms with Crippen LogP contribution in [0, 0.1) is 0 Å². The number of hydrogen-bond acceptors (Lipinski definition) is 2. The van der Waals surface area contributed by atoms with E-state index in [1.165, 1.54) is 38.5 Å². The summed E-state index contributed by atoms with van der Waals surface area (Å²) in [6.45, 7) is 0.629. The van der Waals surface area contributed by atoms with Crippen LogP contribution in [0.4, 0.5) is 0 Å². The molecule has 0 aromatic heterocycles. The maximum Gasteiger partial charge on any atom is 0.341 e. The van der Waals surface area contributed by atoms with E-state index in [-0.39, 0.29) is 0 Å². The standard InChI is InChI=1S/C12H22Cl3NOSi/c13-18(14,15)11-9-7-5-3-1-2-4-6-8-10-16-12-17/h1-11H2. The van der Waals surface area contributed by atoms with Crippen molar-refractivity contribution in [3.8, 4) is 0 Å². The lowest BCUT2D eigenvalue weighted by atomic mass is 10.1. The van der Waals surface area contributed by atoms with Crippen LogP contribution in [0.1, 0.15) is 57.8 Å². The Hall–Kier alpha value is 0.467. The highest BCUT2D eigenvalue weighted by atomic mass is 35.8. The highest BCUT2D eigenvalue weighted by molar-refractivity contribution is 7.64. The van der Waals surface area contributed by atoms with Gasteiger partial charge in [-0.05, 0) is 12.5 Å². The fourth-order valence-electron chi connectivity index (χ4n) is 1.80. The lowest BCUT2D eigenvalue weighted by molar-refractivity contribution is 0.556. The molecule has 0 aliphatic carbocycles. The predicted molar refractivity (Wildman–Crippen MR) is 82.7 cm³/mol. The summed E-state index contributed by atoms with van der Waals surface area (Å²) in [5.41, 5.74) is 0. The van der Waals surface area contributed by atoms with Crippen molar-refractivity contribution in [1.82, 2.24) is 0 Å². The van der Waals surface area contributed by atoms with E-state index in [9.17, 15) is 4.79 Å². The van der Waals surface area contributed by atoms with E-state index in [0.717, 1.165) is 25.3 Å². The van der Waals surface area contributed by atoms with Gasteiger partial charge in [-0.1, -0.05) is 51.4 Å². The summed E-state index contributed by atoms with van der Waals surface area (Å²) in [4.78, 5) is 13.3. The fraction of sp³-hybridized carbons (Fsp3) is 0.917. The van der Waals surface area contributed by atoms with Gasteiger partial charge in [0.1, 0.15) is 0 Å². The summed E-state index contributed by atoms with van der Waals surface area (Å²) >= 11 is 17.4. The van der Waals surface area contributed by atoms with Gasteiger partial charge in [0.2, 0.25) is 6.08 Å². The summed E-state index contributed by atoms with van der Waals surface area (Å²) < 4.78 is 0. The molecule has 0 aromatic carbocycles. The molecule has 0 heterocycles. The van der Waals surface area contributed by atoms with Gasteiger partial charge in [0.05, 0.1) is 6.54 Å². The predicted octanol–water partition coefficient (Wildman–Crippen LogP) is 5.49. The minimum Gasteiger partial charge on any atom is -0.211 e. The molecule has 0 rings (SSSR count). The molecule has 0 radical (unpaired) electrons. The second-order valence-corrected chi connectivity index (χ2v) is 13.8. The molecule has 0 aromatic rings. The maximum atomic E-state index is 9.81. The van der Waals surface area contributed by atoms with Gasteiger partial charge in [0.25, 0.3) is 0 Å². The summed E-state index contributed by atoms with van der Waals surface area (Å²) in [6, 6.07) is -1.59. The van der Waals surface area contributed by atoms with Crippen molar-refractivity contribution in [2.75, 3.05) is 6.54 Å². The molecule has 0 bridgehead atoms. The first kappa shape index (κ1) is 18.5. The molecule has 2 nitrogen and oxygen atoms in total. The van der Waals surface area contributed by atoms with Gasteiger partial charge < -0.3 is 0 Å². The highest BCUT2D eigenvalue weighted by Crippen LogP contribution is 2.27. The molecule has 0 aliphatic heterocycles. The van der Waals surface area contributed by atoms with Crippen LogP contribution in [0.15, 0.2) is 4.99 Å². The number of nitrogens with zero attached hydrogens (tertiary/aromatic N) is 1. The van der Waals surface area contributed by atoms with E-state index in [0.29, 0.717) is 6.54 Å². The van der Waals surface area contributed by atoms with Gasteiger partial charge >= 0.3 is 6.00 Å². The van der Waals surface area contributed by atoms with E-state index < -0.39 is 6.00 Å². The molecule has 0 aliphatic rings. The van der Waals surface area contributed by atoms with Crippen molar-refractivity contribution in [2.24, 2.45) is 4.99 Å². The molecule has 106 valence electrons. The normalized spacial score (nSPS) is 11.3. The van der Waals surface area contributed by atoms with Crippen molar-refractivity contribution in [1.29, 1.82) is 0 Å². The Bertz CT molecular complexity index is 240. The van der Waals surface area contributed by atoms with Crippen LogP contribution in [0.5, 0.6) is 0 Å². The third kappa shape index (κ3) is 16.5. The Morgan fingerprint density at radius 1 is 0.778 bits per heavy atom. The molecule has 0 unspecified atom stereocenters. The number of halogens is 3. The van der Waals surface area contributed by atoms with Gasteiger partial charge in [-0.3, -0.25) is 0 Å². The van der Waals surface area contributed by atoms with Crippen LogP contribution in [-0.2, 0) is 4.79 Å². The van der Waals surface area contributed by atoms with Crippen LogP contribution < -0.4 is 0 Å². The number of unbranched alkanes of at least 4 members (excludes halogenated alkanes) is 8. The number of hydrogen-bond donors (Lipinski definition) is 0. The summed E-state index contributed by atoms with van der Waals surface area (Å²) in [5.74, 6) is 0. The fourth-order valence-corrected chi connectivity index (χ4v) is 3.65. The highest BCUT2D eigenvalue weighted by Gasteiger charge is 2.23. The largest absolute Gasteiger partial charge is 0.341 e. The van der Waals surface area contributed by atoms with Gasteiger partial charge in [-0.2, -0.15) is 0 Å². The van der Waals surface area contributed by atoms with Gasteiger partial charge in [-0.15, -0.1) is 33.2 Å². The van der Waals surface area contributed by atoms with Crippen LogP contribution in [0.3, 0.4) is 0 Å². The first-order valence-electron chi connectivity index (χ1n) is 6.66. The van der Waals surface area contributed by atoms with E-state index in [2.05, 4.69) is 4.99 Å². The molecule has 0 amide bonds. The molecule has 0 spiro atoms. The van der Waals surface area contributed by atoms with E-state index in [1.54, 1.807) is 6.08 Å². The molecular weight excluding hydrogens is 309 g/mol. The van der Waals surface area contributed by atoms with Crippen LogP contribution in [0.2, 0.25) is 6.04 Å². The van der Waals surface area contributed by atoms with Crippen molar-refractivity contribution >= 4 is 45.3 Å². The van der Waals surface area contributed by atoms with Gasteiger partial charge in [0, 0.05) is 0 Å². The third-order valence-corrected chi connectivity index (χ3v) is 5.42. The Balaban J connectivity index is 3.05. The zero-order valence-electron chi connectivity index (χ0n) is 10.8. The summed E-state index contributed by atoms with van der Waals surface area (Å²) in [6.07, 6.45) is 12.2. The first-order valence-corrected chi connectivity index (χ1v) is 11.9. The van der Waals surface area contributed by atoms with Crippen LogP contribution in [0.25, 0.3) is 0 Å². The second-order valence-electron chi connectivity index (χ2n) is 4.52. The van der Waals surface area contributed by atoms with E-state index in [4.69, 9.17) is 33.2 Å². The Morgan fingerprint density at radius 2 is 1.22 bits per heavy atom. The van der Waals surface area contributed by atoms with Crippen LogP contribution in [-0.4, -0.2) is 18.6 Å². The second kappa shape index (κ2) is 12.5. The summed E-state index contributed by atoms with van der Waals surface area (Å²) in [7, 11) is 0. The zero-order chi connectivity index (χ0) is 13.7. The van der Waals surface area contributed by atoms with Crippen molar-refractivity contribution in [2.45, 2.75) is 63.8 Å². The molecule has 0 saturated carbocycles. The minimum atomic E-state index is -2.37. The molecule has 0 saturated heterocycles. The van der Waals surface area contributed by atoms with Crippen molar-refractivity contribution < 1.29 is 4.79 Å². The number of isocyanates is 1. The van der Waals surface area contributed by atoms with Crippen LogP contribution >= 0.6 is 33.2 Å². The average Bonchev–Trinajstić information content (AvgIpc) is 2.29. The molecule has 0 atom stereocenters. The third-order valence-electron chi connectivity index (χ3n) is 2.79.